The highest BCUT2D eigenvalue weighted by atomic mass is 32.2. The summed E-state index contributed by atoms with van der Waals surface area (Å²) in [5.41, 5.74) is 1.04. The van der Waals surface area contributed by atoms with Crippen LogP contribution >= 0.6 is 0 Å². The Labute approximate surface area is 162 Å². The number of hydrogen-bond donors (Lipinski definition) is 2. The molecular weight excluding hydrogens is 362 g/mol. The summed E-state index contributed by atoms with van der Waals surface area (Å²) in [5.74, 6) is -0.126. The minimum absolute atomic E-state index is 0.00108. The number of hydrogen-bond acceptors (Lipinski definition) is 4. The molecule has 6 nitrogen and oxygen atoms in total. The van der Waals surface area contributed by atoms with Gasteiger partial charge in [0.1, 0.15) is 0 Å². The number of piperidine rings is 1. The predicted octanol–water partition coefficient (Wildman–Crippen LogP) is 2.12. The first-order valence-corrected chi connectivity index (χ1v) is 11.3. The lowest BCUT2D eigenvalue weighted by Crippen LogP contribution is -2.44. The smallest absolute Gasteiger partial charge is 0.253 e. The maximum Gasteiger partial charge on any atom is 0.253 e. The van der Waals surface area contributed by atoms with E-state index in [2.05, 4.69) is 10.0 Å². The molecular formula is C20H31N3O3S. The maximum absolute atomic E-state index is 12.9. The average molecular weight is 394 g/mol. The van der Waals surface area contributed by atoms with Gasteiger partial charge >= 0.3 is 0 Å². The molecule has 1 aromatic rings. The molecule has 2 aliphatic heterocycles. The van der Waals surface area contributed by atoms with Crippen LogP contribution < -0.4 is 10.0 Å². The lowest BCUT2D eigenvalue weighted by Gasteiger charge is -2.39. The van der Waals surface area contributed by atoms with Crippen LogP contribution in [0.5, 0.6) is 0 Å². The van der Waals surface area contributed by atoms with E-state index in [9.17, 15) is 13.2 Å². The molecule has 0 aromatic heterocycles. The van der Waals surface area contributed by atoms with Gasteiger partial charge in [-0.1, -0.05) is 12.1 Å². The molecule has 0 unspecified atom stereocenters. The van der Waals surface area contributed by atoms with Gasteiger partial charge in [0, 0.05) is 30.7 Å². The van der Waals surface area contributed by atoms with Gasteiger partial charge in [0.2, 0.25) is 10.0 Å². The van der Waals surface area contributed by atoms with Crippen molar-refractivity contribution < 1.29 is 13.2 Å². The van der Waals surface area contributed by atoms with Crippen LogP contribution in [0.4, 0.5) is 0 Å². The van der Waals surface area contributed by atoms with Gasteiger partial charge in [-0.25, -0.2) is 13.1 Å². The molecule has 0 aliphatic carbocycles. The summed E-state index contributed by atoms with van der Waals surface area (Å²) in [6, 6.07) is 7.01. The van der Waals surface area contributed by atoms with Crippen molar-refractivity contribution >= 4 is 15.9 Å². The molecule has 0 atom stereocenters. The normalized spacial score (nSPS) is 20.2. The highest BCUT2D eigenvalue weighted by Gasteiger charge is 2.38. The summed E-state index contributed by atoms with van der Waals surface area (Å²) < 4.78 is 27.3. The van der Waals surface area contributed by atoms with E-state index < -0.39 is 15.6 Å². The van der Waals surface area contributed by atoms with E-state index in [0.29, 0.717) is 16.5 Å². The molecule has 2 aliphatic rings. The van der Waals surface area contributed by atoms with Gasteiger partial charge < -0.3 is 10.2 Å². The molecule has 0 bridgehead atoms. The summed E-state index contributed by atoms with van der Waals surface area (Å²) in [6.45, 7) is 9.12. The lowest BCUT2D eigenvalue weighted by molar-refractivity contribution is 0.0607. The highest BCUT2D eigenvalue weighted by molar-refractivity contribution is 7.88. The zero-order chi connectivity index (χ0) is 19.7. The molecule has 0 radical (unpaired) electrons. The number of amides is 1. The molecule has 3 rings (SSSR count). The number of rotatable bonds is 4. The van der Waals surface area contributed by atoms with Crippen molar-refractivity contribution in [3.05, 3.63) is 35.4 Å². The second-order valence-corrected chi connectivity index (χ2v) is 10.8. The third-order valence-corrected chi connectivity index (χ3v) is 7.07. The molecule has 1 amide bonds. The number of benzene rings is 1. The molecule has 27 heavy (non-hydrogen) atoms. The number of likely N-dealkylation sites (tertiary alicyclic amines) is 1. The van der Waals surface area contributed by atoms with Crippen molar-refractivity contribution in [2.45, 2.75) is 51.3 Å². The van der Waals surface area contributed by atoms with Crippen LogP contribution in [0.15, 0.2) is 24.3 Å². The van der Waals surface area contributed by atoms with Crippen molar-refractivity contribution in [1.82, 2.24) is 14.9 Å². The van der Waals surface area contributed by atoms with E-state index in [4.69, 9.17) is 0 Å². The summed E-state index contributed by atoms with van der Waals surface area (Å²) in [7, 11) is -3.46. The third kappa shape index (κ3) is 5.30. The molecule has 7 heteroatoms. The largest absolute Gasteiger partial charge is 0.339 e. The quantitative estimate of drug-likeness (QED) is 0.821. The number of sulfonamides is 1. The molecule has 150 valence electrons. The van der Waals surface area contributed by atoms with Gasteiger partial charge in [-0.2, -0.15) is 0 Å². The predicted molar refractivity (Wildman–Crippen MR) is 107 cm³/mol. The van der Waals surface area contributed by atoms with E-state index in [1.807, 2.05) is 25.7 Å². The van der Waals surface area contributed by atoms with Gasteiger partial charge in [-0.15, -0.1) is 0 Å². The molecule has 0 saturated carbocycles. The zero-order valence-electron chi connectivity index (χ0n) is 16.5. The average Bonchev–Trinajstić information content (AvgIpc) is 3.00. The van der Waals surface area contributed by atoms with Gasteiger partial charge in [0.15, 0.2) is 0 Å². The van der Waals surface area contributed by atoms with E-state index in [1.165, 1.54) is 6.42 Å². The fourth-order valence-corrected chi connectivity index (χ4v) is 5.73. The highest BCUT2D eigenvalue weighted by Crippen LogP contribution is 2.37. The van der Waals surface area contributed by atoms with Crippen LogP contribution in [-0.4, -0.2) is 50.9 Å². The topological polar surface area (TPSA) is 78.5 Å². The van der Waals surface area contributed by atoms with Gasteiger partial charge in [-0.3, -0.25) is 4.79 Å². The van der Waals surface area contributed by atoms with Crippen molar-refractivity contribution in [1.29, 1.82) is 0 Å². The van der Waals surface area contributed by atoms with Crippen molar-refractivity contribution in [3.8, 4) is 0 Å². The van der Waals surface area contributed by atoms with Crippen LogP contribution in [0.2, 0.25) is 0 Å². The standard InChI is InChI=1S/C20H31N3O3S/c1-19(2,3)22-27(25,26)14-16-5-4-6-17(13-16)18(24)23-11-8-20(9-12-23)7-10-21-15-20/h4-6,13,21-22H,7-12,14-15H2,1-3H3. The first kappa shape index (κ1) is 20.3. The number of carbonyl (C=O) groups excluding carboxylic acids is 1. The number of carbonyl (C=O) groups is 1. The third-order valence-electron chi connectivity index (χ3n) is 5.44. The fraction of sp³-hybridized carbons (Fsp3) is 0.650. The van der Waals surface area contributed by atoms with Crippen LogP contribution in [0, 0.1) is 5.41 Å². The van der Waals surface area contributed by atoms with Gasteiger partial charge in [0.25, 0.3) is 5.91 Å². The Morgan fingerprint density at radius 2 is 1.93 bits per heavy atom. The number of nitrogens with one attached hydrogen (secondary N) is 2. The maximum atomic E-state index is 12.9. The molecule has 2 fully saturated rings. The van der Waals surface area contributed by atoms with E-state index >= 15 is 0 Å². The van der Waals surface area contributed by atoms with Crippen molar-refractivity contribution in [2.75, 3.05) is 26.2 Å². The Balaban J connectivity index is 1.66. The van der Waals surface area contributed by atoms with Crippen LogP contribution in [-0.2, 0) is 15.8 Å². The Morgan fingerprint density at radius 3 is 2.52 bits per heavy atom. The first-order valence-electron chi connectivity index (χ1n) is 9.68. The Hall–Kier alpha value is -1.44. The zero-order valence-corrected chi connectivity index (χ0v) is 17.4. The summed E-state index contributed by atoms with van der Waals surface area (Å²) >= 11 is 0. The van der Waals surface area contributed by atoms with Crippen molar-refractivity contribution in [2.24, 2.45) is 5.41 Å². The minimum Gasteiger partial charge on any atom is -0.339 e. The van der Waals surface area contributed by atoms with Gasteiger partial charge in [-0.05, 0) is 69.7 Å². The van der Waals surface area contributed by atoms with E-state index in [1.54, 1.807) is 24.3 Å². The Kier molecular flexibility index (Phi) is 5.66. The molecule has 1 spiro atoms. The van der Waals surface area contributed by atoms with Crippen LogP contribution in [0.1, 0.15) is 56.0 Å². The summed E-state index contributed by atoms with van der Waals surface area (Å²) in [4.78, 5) is 14.8. The minimum atomic E-state index is -3.46. The second-order valence-electron chi connectivity index (χ2n) is 9.03. The van der Waals surface area contributed by atoms with Gasteiger partial charge in [0.05, 0.1) is 5.75 Å². The summed E-state index contributed by atoms with van der Waals surface area (Å²) in [5, 5.41) is 3.44. The monoisotopic (exact) mass is 393 g/mol. The summed E-state index contributed by atoms with van der Waals surface area (Å²) in [6.07, 6.45) is 3.27. The fourth-order valence-electron chi connectivity index (χ4n) is 4.11. The molecule has 2 heterocycles. The Bertz CT molecular complexity index is 783. The van der Waals surface area contributed by atoms with E-state index in [0.717, 1.165) is 39.0 Å². The van der Waals surface area contributed by atoms with Crippen LogP contribution in [0.25, 0.3) is 0 Å². The molecule has 1 aromatic carbocycles. The second kappa shape index (κ2) is 7.53. The van der Waals surface area contributed by atoms with E-state index in [-0.39, 0.29) is 11.7 Å². The SMILES string of the molecule is CC(C)(C)NS(=O)(=O)Cc1cccc(C(=O)N2CCC3(CCNC3)CC2)c1. The molecule has 2 N–H and O–H groups in total. The Morgan fingerprint density at radius 1 is 1.22 bits per heavy atom. The van der Waals surface area contributed by atoms with Crippen molar-refractivity contribution in [3.63, 3.8) is 0 Å². The first-order chi connectivity index (χ1) is 12.6. The number of nitrogens with zero attached hydrogens (tertiary/aromatic N) is 1. The molecule has 2 saturated heterocycles. The lowest BCUT2D eigenvalue weighted by atomic mass is 9.78. The van der Waals surface area contributed by atoms with Crippen LogP contribution in [0.3, 0.4) is 0 Å².